The van der Waals surface area contributed by atoms with Crippen LogP contribution >= 0.6 is 0 Å². The van der Waals surface area contributed by atoms with Crippen molar-refractivity contribution < 1.29 is 21.6 Å². The van der Waals surface area contributed by atoms with Gasteiger partial charge < -0.3 is 4.90 Å². The molecule has 30 heavy (non-hydrogen) atoms. The van der Waals surface area contributed by atoms with E-state index in [1.54, 1.807) is 0 Å². The van der Waals surface area contributed by atoms with E-state index in [2.05, 4.69) is 9.97 Å². The summed E-state index contributed by atoms with van der Waals surface area (Å²) in [6, 6.07) is 11.7. The number of anilines is 1. The summed E-state index contributed by atoms with van der Waals surface area (Å²) < 4.78 is 66.8. The molecular weight excluding hydrogens is 417 g/mol. The third-order valence-corrected chi connectivity index (χ3v) is 7.03. The molecule has 0 atom stereocenters. The number of sulfonamides is 1. The first-order chi connectivity index (χ1) is 14.2. The molecule has 0 amide bonds. The number of hydrogen-bond acceptors (Lipinski definition) is 5. The minimum absolute atomic E-state index is 0.0580. The summed E-state index contributed by atoms with van der Waals surface area (Å²) in [5.41, 5.74) is 1.06. The van der Waals surface area contributed by atoms with Crippen molar-refractivity contribution in [1.29, 1.82) is 0 Å². The van der Waals surface area contributed by atoms with Gasteiger partial charge in [-0.3, -0.25) is 0 Å². The lowest BCUT2D eigenvalue weighted by Gasteiger charge is -2.35. The Balaban J connectivity index is 1.58. The van der Waals surface area contributed by atoms with Crippen LogP contribution in [0.25, 0.3) is 11.0 Å². The van der Waals surface area contributed by atoms with Crippen molar-refractivity contribution in [3.63, 3.8) is 0 Å². The number of rotatable bonds is 3. The van der Waals surface area contributed by atoms with Crippen LogP contribution in [0.15, 0.2) is 53.4 Å². The van der Waals surface area contributed by atoms with Gasteiger partial charge in [0.2, 0.25) is 10.0 Å². The smallest absolute Gasteiger partial charge is 0.352 e. The van der Waals surface area contributed by atoms with Crippen LogP contribution in [0.1, 0.15) is 11.3 Å². The Morgan fingerprint density at radius 2 is 1.43 bits per heavy atom. The SMILES string of the molecule is Cc1nc2ccccc2nc1N1CCN(S(=O)(=O)c2ccccc2C(F)(F)F)CC1. The lowest BCUT2D eigenvalue weighted by molar-refractivity contribution is -0.139. The van der Waals surface area contributed by atoms with Gasteiger partial charge in [0.1, 0.15) is 0 Å². The lowest BCUT2D eigenvalue weighted by Crippen LogP contribution is -2.49. The van der Waals surface area contributed by atoms with Gasteiger partial charge in [0.05, 0.1) is 27.2 Å². The summed E-state index contributed by atoms with van der Waals surface area (Å²) in [6.07, 6.45) is -4.75. The average Bonchev–Trinajstić information content (AvgIpc) is 2.73. The van der Waals surface area contributed by atoms with Crippen LogP contribution in [0.2, 0.25) is 0 Å². The van der Waals surface area contributed by atoms with Crippen LogP contribution in [0.3, 0.4) is 0 Å². The maximum Gasteiger partial charge on any atom is 0.417 e. The van der Waals surface area contributed by atoms with E-state index in [9.17, 15) is 21.6 Å². The molecule has 1 aliphatic heterocycles. The third-order valence-electron chi connectivity index (χ3n) is 5.07. The number of benzene rings is 2. The van der Waals surface area contributed by atoms with Gasteiger partial charge in [0.15, 0.2) is 5.82 Å². The Morgan fingerprint density at radius 1 is 0.867 bits per heavy atom. The maximum atomic E-state index is 13.3. The van der Waals surface area contributed by atoms with Gasteiger partial charge in [0.25, 0.3) is 0 Å². The van der Waals surface area contributed by atoms with E-state index in [4.69, 9.17) is 0 Å². The van der Waals surface area contributed by atoms with Crippen LogP contribution in [0.4, 0.5) is 19.0 Å². The summed E-state index contributed by atoms with van der Waals surface area (Å²) in [5.74, 6) is 0.654. The lowest BCUT2D eigenvalue weighted by atomic mass is 10.2. The zero-order chi connectivity index (χ0) is 21.5. The van der Waals surface area contributed by atoms with E-state index in [1.165, 1.54) is 12.1 Å². The monoisotopic (exact) mass is 436 g/mol. The Hall–Kier alpha value is -2.72. The summed E-state index contributed by atoms with van der Waals surface area (Å²) in [5, 5.41) is 0. The zero-order valence-electron chi connectivity index (χ0n) is 16.1. The molecule has 1 aliphatic rings. The van der Waals surface area contributed by atoms with Crippen LogP contribution in [-0.2, 0) is 16.2 Å². The van der Waals surface area contributed by atoms with Gasteiger partial charge in [-0.25, -0.2) is 18.4 Å². The highest BCUT2D eigenvalue weighted by atomic mass is 32.2. The van der Waals surface area contributed by atoms with Crippen LogP contribution < -0.4 is 4.90 Å². The van der Waals surface area contributed by atoms with Crippen LogP contribution in [0.5, 0.6) is 0 Å². The first kappa shape index (κ1) is 20.5. The number of alkyl halides is 3. The van der Waals surface area contributed by atoms with Crippen molar-refractivity contribution in [2.24, 2.45) is 0 Å². The van der Waals surface area contributed by atoms with Gasteiger partial charge in [0, 0.05) is 26.2 Å². The molecule has 0 bridgehead atoms. The third kappa shape index (κ3) is 3.72. The highest BCUT2D eigenvalue weighted by Gasteiger charge is 2.39. The number of halogens is 3. The van der Waals surface area contributed by atoms with Crippen LogP contribution in [-0.4, -0.2) is 48.9 Å². The van der Waals surface area contributed by atoms with E-state index >= 15 is 0 Å². The van der Waals surface area contributed by atoms with Crippen molar-refractivity contribution in [2.45, 2.75) is 18.0 Å². The molecule has 2 aromatic carbocycles. The fraction of sp³-hybridized carbons (Fsp3) is 0.300. The Kier molecular flexibility index (Phi) is 5.15. The quantitative estimate of drug-likeness (QED) is 0.629. The summed E-state index contributed by atoms with van der Waals surface area (Å²) in [6.45, 7) is 2.56. The zero-order valence-corrected chi connectivity index (χ0v) is 16.9. The highest BCUT2D eigenvalue weighted by molar-refractivity contribution is 7.89. The van der Waals surface area contributed by atoms with E-state index in [-0.39, 0.29) is 13.1 Å². The molecule has 10 heteroatoms. The molecule has 1 aromatic heterocycles. The van der Waals surface area contributed by atoms with Gasteiger partial charge in [-0.1, -0.05) is 24.3 Å². The predicted octanol–water partition coefficient (Wildman–Crippen LogP) is 3.47. The number of fused-ring (bicyclic) bond motifs is 1. The number of aryl methyl sites for hydroxylation is 1. The second-order valence-electron chi connectivity index (χ2n) is 7.01. The maximum absolute atomic E-state index is 13.3. The summed E-state index contributed by atoms with van der Waals surface area (Å²) >= 11 is 0. The molecule has 6 nitrogen and oxygen atoms in total. The predicted molar refractivity (Wildman–Crippen MR) is 107 cm³/mol. The van der Waals surface area contributed by atoms with Crippen molar-refractivity contribution in [1.82, 2.24) is 14.3 Å². The average molecular weight is 436 g/mol. The Bertz CT molecular complexity index is 1190. The van der Waals surface area contributed by atoms with Gasteiger partial charge in [-0.15, -0.1) is 0 Å². The van der Waals surface area contributed by atoms with Crippen LogP contribution in [0, 0.1) is 6.92 Å². The topological polar surface area (TPSA) is 66.4 Å². The van der Waals surface area contributed by atoms with Crippen molar-refractivity contribution in [3.05, 3.63) is 59.8 Å². The Morgan fingerprint density at radius 3 is 2.07 bits per heavy atom. The second-order valence-corrected chi connectivity index (χ2v) is 8.91. The molecule has 0 radical (unpaired) electrons. The molecule has 0 spiro atoms. The molecule has 0 unspecified atom stereocenters. The highest BCUT2D eigenvalue weighted by Crippen LogP contribution is 2.35. The molecule has 4 rings (SSSR count). The minimum atomic E-state index is -4.75. The van der Waals surface area contributed by atoms with E-state index in [0.717, 1.165) is 27.5 Å². The standard InChI is InChI=1S/C20H19F3N4O2S/c1-14-19(25-17-8-4-3-7-16(17)24-14)26-10-12-27(13-11-26)30(28,29)18-9-5-2-6-15(18)20(21,22)23/h2-9H,10-13H2,1H3. The number of nitrogens with zero attached hydrogens (tertiary/aromatic N) is 4. The largest absolute Gasteiger partial charge is 0.417 e. The molecule has 1 fully saturated rings. The number of piperazine rings is 1. The molecule has 0 saturated carbocycles. The molecule has 0 N–H and O–H groups in total. The van der Waals surface area contributed by atoms with E-state index in [1.807, 2.05) is 36.1 Å². The molecule has 0 aliphatic carbocycles. The first-order valence-electron chi connectivity index (χ1n) is 9.32. The molecular formula is C20H19F3N4O2S. The summed E-state index contributed by atoms with van der Waals surface area (Å²) in [7, 11) is -4.28. The fourth-order valence-electron chi connectivity index (χ4n) is 3.58. The van der Waals surface area contributed by atoms with Crippen molar-refractivity contribution in [3.8, 4) is 0 Å². The van der Waals surface area contributed by atoms with E-state index in [0.29, 0.717) is 24.6 Å². The van der Waals surface area contributed by atoms with Crippen molar-refractivity contribution in [2.75, 3.05) is 31.1 Å². The molecule has 3 aromatic rings. The number of hydrogen-bond donors (Lipinski definition) is 0. The number of para-hydroxylation sites is 2. The van der Waals surface area contributed by atoms with Gasteiger partial charge in [-0.2, -0.15) is 17.5 Å². The first-order valence-corrected chi connectivity index (χ1v) is 10.8. The summed E-state index contributed by atoms with van der Waals surface area (Å²) in [4.78, 5) is 10.4. The molecule has 158 valence electrons. The van der Waals surface area contributed by atoms with Gasteiger partial charge in [-0.05, 0) is 31.2 Å². The minimum Gasteiger partial charge on any atom is -0.352 e. The molecule has 2 heterocycles. The second kappa shape index (κ2) is 7.51. The Labute approximate surface area is 172 Å². The normalized spacial score (nSPS) is 16.2. The fourth-order valence-corrected chi connectivity index (χ4v) is 5.22. The molecule has 1 saturated heterocycles. The van der Waals surface area contributed by atoms with E-state index < -0.39 is 26.7 Å². The number of aromatic nitrogens is 2. The van der Waals surface area contributed by atoms with Gasteiger partial charge >= 0.3 is 6.18 Å². The van der Waals surface area contributed by atoms with Crippen molar-refractivity contribution >= 4 is 26.9 Å².